The van der Waals surface area contributed by atoms with Crippen LogP contribution in [0.3, 0.4) is 0 Å². The van der Waals surface area contributed by atoms with Crippen LogP contribution in [0.25, 0.3) is 0 Å². The van der Waals surface area contributed by atoms with Crippen LogP contribution in [0, 0.1) is 0 Å². The molecule has 1 N–H and O–H groups in total. The molecule has 1 saturated heterocycles. The quantitative estimate of drug-likeness (QED) is 0.722. The maximum Gasteiger partial charge on any atom is 0.255 e. The van der Waals surface area contributed by atoms with Crippen molar-refractivity contribution in [1.29, 1.82) is 0 Å². The highest BCUT2D eigenvalue weighted by molar-refractivity contribution is 7.90. The van der Waals surface area contributed by atoms with Crippen molar-refractivity contribution >= 4 is 27.6 Å². The maximum atomic E-state index is 12.9. The van der Waals surface area contributed by atoms with Crippen LogP contribution >= 0.6 is 0 Å². The Balaban J connectivity index is 1.54. The van der Waals surface area contributed by atoms with Crippen molar-refractivity contribution in [1.82, 2.24) is 10.2 Å². The van der Waals surface area contributed by atoms with Gasteiger partial charge in [0.2, 0.25) is 11.8 Å². The van der Waals surface area contributed by atoms with E-state index in [4.69, 9.17) is 4.74 Å². The standard InChI is InChI=1S/C21H20N2O6S/c1-29-15-4-6-16(7-5-15)30(27,28)12-13-2-3-14-11-23(21(26)17(14)10-13)18-8-9-19(24)22-20(18)25/h2-7,10,18H,8-9,11-12H2,1H3,(H,22,24,25). The van der Waals surface area contributed by atoms with Crippen molar-refractivity contribution in [3.8, 4) is 5.75 Å². The van der Waals surface area contributed by atoms with Crippen LogP contribution in [0.5, 0.6) is 5.75 Å². The molecule has 2 aliphatic heterocycles. The first kappa shape index (κ1) is 20.1. The number of hydrogen-bond acceptors (Lipinski definition) is 6. The zero-order valence-electron chi connectivity index (χ0n) is 16.3. The molecule has 0 aromatic heterocycles. The van der Waals surface area contributed by atoms with Crippen LogP contribution in [0.4, 0.5) is 0 Å². The average molecular weight is 428 g/mol. The Hall–Kier alpha value is -3.20. The first-order valence-electron chi connectivity index (χ1n) is 9.42. The zero-order valence-corrected chi connectivity index (χ0v) is 17.1. The number of hydrogen-bond donors (Lipinski definition) is 1. The van der Waals surface area contributed by atoms with Crippen LogP contribution in [0.15, 0.2) is 47.4 Å². The van der Waals surface area contributed by atoms with Gasteiger partial charge in [0, 0.05) is 18.5 Å². The summed E-state index contributed by atoms with van der Waals surface area (Å²) >= 11 is 0. The Bertz CT molecular complexity index is 1140. The Morgan fingerprint density at radius 1 is 1.10 bits per heavy atom. The lowest BCUT2D eigenvalue weighted by atomic mass is 10.0. The molecule has 2 aromatic carbocycles. The van der Waals surface area contributed by atoms with Gasteiger partial charge in [0.05, 0.1) is 17.8 Å². The summed E-state index contributed by atoms with van der Waals surface area (Å²) in [7, 11) is -2.10. The van der Waals surface area contributed by atoms with E-state index in [-0.39, 0.29) is 41.8 Å². The molecule has 0 bridgehead atoms. The molecular formula is C21H20N2O6S. The van der Waals surface area contributed by atoms with Crippen LogP contribution in [-0.2, 0) is 31.7 Å². The molecule has 0 aliphatic carbocycles. The summed E-state index contributed by atoms with van der Waals surface area (Å²) < 4.78 is 30.5. The number of carbonyl (C=O) groups excluding carboxylic acids is 3. The number of methoxy groups -OCH3 is 1. The Morgan fingerprint density at radius 3 is 2.50 bits per heavy atom. The highest BCUT2D eigenvalue weighted by Gasteiger charge is 2.39. The molecule has 4 rings (SSSR count). The van der Waals surface area contributed by atoms with E-state index in [2.05, 4.69) is 5.32 Å². The second-order valence-electron chi connectivity index (χ2n) is 7.33. The number of imide groups is 1. The van der Waals surface area contributed by atoms with Gasteiger partial charge in [-0.05, 0) is 47.9 Å². The Morgan fingerprint density at radius 2 is 1.83 bits per heavy atom. The van der Waals surface area contributed by atoms with Crippen LogP contribution < -0.4 is 10.1 Å². The van der Waals surface area contributed by atoms with E-state index in [1.54, 1.807) is 30.3 Å². The summed E-state index contributed by atoms with van der Waals surface area (Å²) in [5.41, 5.74) is 1.61. The van der Waals surface area contributed by atoms with E-state index < -0.39 is 21.8 Å². The van der Waals surface area contributed by atoms with Gasteiger partial charge in [0.1, 0.15) is 11.8 Å². The molecule has 1 atom stereocenters. The minimum absolute atomic E-state index is 0.167. The fraction of sp³-hybridized carbons (Fsp3) is 0.286. The second-order valence-corrected chi connectivity index (χ2v) is 9.32. The highest BCUT2D eigenvalue weighted by Crippen LogP contribution is 2.29. The number of fused-ring (bicyclic) bond motifs is 1. The van der Waals surface area contributed by atoms with Crippen LogP contribution in [0.1, 0.15) is 34.3 Å². The normalized spacial score (nSPS) is 18.9. The van der Waals surface area contributed by atoms with E-state index in [1.165, 1.54) is 24.1 Å². The van der Waals surface area contributed by atoms with Crippen molar-refractivity contribution < 1.29 is 27.5 Å². The first-order chi connectivity index (χ1) is 14.3. The van der Waals surface area contributed by atoms with Crippen LogP contribution in [-0.4, -0.2) is 44.2 Å². The third kappa shape index (κ3) is 3.68. The van der Waals surface area contributed by atoms with E-state index in [1.807, 2.05) is 0 Å². The number of piperidine rings is 1. The zero-order chi connectivity index (χ0) is 21.5. The number of amides is 3. The molecular weight excluding hydrogens is 408 g/mol. The van der Waals surface area contributed by atoms with Gasteiger partial charge in [0.15, 0.2) is 9.84 Å². The molecule has 1 fully saturated rings. The number of nitrogens with zero attached hydrogens (tertiary/aromatic N) is 1. The van der Waals surface area contributed by atoms with E-state index in [9.17, 15) is 22.8 Å². The van der Waals surface area contributed by atoms with Gasteiger partial charge >= 0.3 is 0 Å². The molecule has 2 heterocycles. The summed E-state index contributed by atoms with van der Waals surface area (Å²) in [4.78, 5) is 38.0. The van der Waals surface area contributed by atoms with Crippen molar-refractivity contribution in [3.63, 3.8) is 0 Å². The Labute approximate surface area is 173 Å². The van der Waals surface area contributed by atoms with Crippen LogP contribution in [0.2, 0.25) is 0 Å². The number of benzene rings is 2. The van der Waals surface area contributed by atoms with Gasteiger partial charge in [-0.2, -0.15) is 0 Å². The summed E-state index contributed by atoms with van der Waals surface area (Å²) in [5, 5.41) is 2.26. The third-order valence-electron chi connectivity index (χ3n) is 5.37. The number of ether oxygens (including phenoxy) is 1. The van der Waals surface area contributed by atoms with Crippen molar-refractivity contribution in [2.75, 3.05) is 7.11 Å². The van der Waals surface area contributed by atoms with Gasteiger partial charge < -0.3 is 9.64 Å². The second kappa shape index (κ2) is 7.56. The largest absolute Gasteiger partial charge is 0.497 e. The molecule has 0 radical (unpaired) electrons. The fourth-order valence-corrected chi connectivity index (χ4v) is 5.11. The predicted octanol–water partition coefficient (Wildman–Crippen LogP) is 1.43. The van der Waals surface area contributed by atoms with Gasteiger partial charge in [-0.15, -0.1) is 0 Å². The van der Waals surface area contributed by atoms with Gasteiger partial charge in [-0.25, -0.2) is 8.42 Å². The summed E-state index contributed by atoms with van der Waals surface area (Å²) in [6.45, 7) is 0.256. The lowest BCUT2D eigenvalue weighted by Gasteiger charge is -2.29. The minimum atomic E-state index is -3.60. The van der Waals surface area contributed by atoms with E-state index >= 15 is 0 Å². The molecule has 30 heavy (non-hydrogen) atoms. The molecule has 0 spiro atoms. The summed E-state index contributed by atoms with van der Waals surface area (Å²) in [6, 6.07) is 10.4. The molecule has 1 unspecified atom stereocenters. The number of carbonyl (C=O) groups is 3. The average Bonchev–Trinajstić information content (AvgIpc) is 3.04. The third-order valence-corrected chi connectivity index (χ3v) is 7.07. The lowest BCUT2D eigenvalue weighted by molar-refractivity contribution is -0.136. The number of rotatable bonds is 5. The topological polar surface area (TPSA) is 110 Å². The van der Waals surface area contributed by atoms with Gasteiger partial charge in [0.25, 0.3) is 5.91 Å². The molecule has 3 amide bonds. The van der Waals surface area contributed by atoms with Gasteiger partial charge in [-0.3, -0.25) is 19.7 Å². The molecule has 156 valence electrons. The van der Waals surface area contributed by atoms with Crippen molar-refractivity contribution in [3.05, 3.63) is 59.2 Å². The van der Waals surface area contributed by atoms with Crippen molar-refractivity contribution in [2.24, 2.45) is 0 Å². The number of nitrogens with one attached hydrogen (secondary N) is 1. The predicted molar refractivity (Wildman–Crippen MR) is 106 cm³/mol. The SMILES string of the molecule is COc1ccc(S(=O)(=O)Cc2ccc3c(c2)C(=O)N(C2CCC(=O)NC2=O)C3)cc1. The van der Waals surface area contributed by atoms with Gasteiger partial charge in [-0.1, -0.05) is 12.1 Å². The molecule has 8 nitrogen and oxygen atoms in total. The summed E-state index contributed by atoms with van der Waals surface area (Å²) in [6.07, 6.45) is 0.463. The van der Waals surface area contributed by atoms with E-state index in [0.29, 0.717) is 16.9 Å². The number of sulfone groups is 1. The lowest BCUT2D eigenvalue weighted by Crippen LogP contribution is -2.52. The van der Waals surface area contributed by atoms with E-state index in [0.717, 1.165) is 5.56 Å². The molecule has 2 aliphatic rings. The molecule has 2 aromatic rings. The Kier molecular flexibility index (Phi) is 5.07. The minimum Gasteiger partial charge on any atom is -0.497 e. The molecule has 0 saturated carbocycles. The molecule has 9 heteroatoms. The smallest absolute Gasteiger partial charge is 0.255 e. The summed E-state index contributed by atoms with van der Waals surface area (Å²) in [5.74, 6) is -0.840. The first-order valence-corrected chi connectivity index (χ1v) is 11.1. The van der Waals surface area contributed by atoms with Crippen molar-refractivity contribution in [2.45, 2.75) is 36.1 Å². The fourth-order valence-electron chi connectivity index (χ4n) is 3.78. The monoisotopic (exact) mass is 428 g/mol. The maximum absolute atomic E-state index is 12.9. The highest BCUT2D eigenvalue weighted by atomic mass is 32.2.